The summed E-state index contributed by atoms with van der Waals surface area (Å²) in [5.41, 5.74) is 11.5. The van der Waals surface area contributed by atoms with Gasteiger partial charge in [-0.25, -0.2) is 9.37 Å². The number of carbonyl (C=O) groups excluding carboxylic acids is 1. The molecule has 0 aliphatic rings. The maximum Gasteiger partial charge on any atom is 0.232 e. The molecule has 0 bridgehead atoms. The highest BCUT2D eigenvalue weighted by Gasteiger charge is 2.25. The van der Waals surface area contributed by atoms with Crippen LogP contribution in [0.3, 0.4) is 0 Å². The second-order valence-electron chi connectivity index (χ2n) is 7.03. The Hall–Kier alpha value is -3.41. The van der Waals surface area contributed by atoms with Crippen LogP contribution in [0.2, 0.25) is 0 Å². The second kappa shape index (κ2) is 6.34. The Morgan fingerprint density at radius 2 is 1.79 bits per heavy atom. The minimum Gasteiger partial charge on any atom is -0.432 e. The lowest BCUT2D eigenvalue weighted by Gasteiger charge is -2.09. The molecule has 2 N–H and O–H groups in total. The molecule has 6 heteroatoms. The van der Waals surface area contributed by atoms with Gasteiger partial charge in [-0.1, -0.05) is 0 Å². The number of nitrogens with zero attached hydrogens (tertiary/aromatic N) is 2. The van der Waals surface area contributed by atoms with Gasteiger partial charge in [0.2, 0.25) is 17.3 Å². The third-order valence-corrected chi connectivity index (χ3v) is 4.99. The average Bonchev–Trinajstić information content (AvgIpc) is 3.12. The third-order valence-electron chi connectivity index (χ3n) is 4.99. The van der Waals surface area contributed by atoms with Crippen molar-refractivity contribution in [2.45, 2.75) is 27.7 Å². The largest absolute Gasteiger partial charge is 0.432 e. The Kier molecular flexibility index (Phi) is 4.07. The molecule has 0 radical (unpaired) electrons. The molecule has 142 valence electrons. The summed E-state index contributed by atoms with van der Waals surface area (Å²) in [6.45, 7) is 7.51. The molecule has 0 saturated heterocycles. The molecule has 0 fully saturated rings. The number of rotatable bonds is 3. The highest BCUT2D eigenvalue weighted by molar-refractivity contribution is 6.15. The molecule has 0 spiro atoms. The fraction of sp³-hybridized carbons (Fsp3) is 0.182. The lowest BCUT2D eigenvalue weighted by atomic mass is 10.1. The van der Waals surface area contributed by atoms with E-state index in [0.717, 1.165) is 28.3 Å². The summed E-state index contributed by atoms with van der Waals surface area (Å²) in [4.78, 5) is 17.6. The number of aryl methyl sites for hydroxylation is 3. The molecule has 0 aliphatic carbocycles. The molecule has 1 aromatic carbocycles. The Labute approximate surface area is 161 Å². The van der Waals surface area contributed by atoms with E-state index in [-0.39, 0.29) is 17.4 Å². The molecular weight excluding hydrogens is 357 g/mol. The van der Waals surface area contributed by atoms with Gasteiger partial charge in [0.1, 0.15) is 5.82 Å². The first-order valence-corrected chi connectivity index (χ1v) is 8.93. The van der Waals surface area contributed by atoms with E-state index in [1.807, 2.05) is 38.3 Å². The summed E-state index contributed by atoms with van der Waals surface area (Å²) < 4.78 is 20.9. The van der Waals surface area contributed by atoms with Crippen LogP contribution in [-0.2, 0) is 0 Å². The van der Waals surface area contributed by atoms with E-state index in [1.54, 1.807) is 18.2 Å². The van der Waals surface area contributed by atoms with Crippen LogP contribution in [-0.4, -0.2) is 15.3 Å². The summed E-state index contributed by atoms with van der Waals surface area (Å²) >= 11 is 0. The van der Waals surface area contributed by atoms with Gasteiger partial charge in [0, 0.05) is 28.3 Å². The number of benzene rings is 1. The van der Waals surface area contributed by atoms with Crippen LogP contribution in [0.15, 0.2) is 40.8 Å². The zero-order valence-corrected chi connectivity index (χ0v) is 16.1. The Bertz CT molecular complexity index is 1230. The van der Waals surface area contributed by atoms with Crippen LogP contribution in [0.1, 0.15) is 38.8 Å². The van der Waals surface area contributed by atoms with Crippen LogP contribution in [0, 0.1) is 33.5 Å². The first-order valence-electron chi connectivity index (χ1n) is 8.93. The van der Waals surface area contributed by atoms with E-state index in [4.69, 9.17) is 10.2 Å². The molecule has 0 atom stereocenters. The number of nitrogens with two attached hydrogens (primary N) is 1. The topological polar surface area (TPSA) is 74.1 Å². The number of ketones is 1. The lowest BCUT2D eigenvalue weighted by molar-refractivity contribution is 0.101. The highest BCUT2D eigenvalue weighted by Crippen LogP contribution is 2.33. The van der Waals surface area contributed by atoms with Gasteiger partial charge in [0.05, 0.1) is 11.1 Å². The van der Waals surface area contributed by atoms with Crippen LogP contribution < -0.4 is 5.73 Å². The summed E-state index contributed by atoms with van der Waals surface area (Å²) in [5, 5.41) is 0.668. The highest BCUT2D eigenvalue weighted by atomic mass is 19.1. The van der Waals surface area contributed by atoms with E-state index in [1.165, 1.54) is 12.1 Å². The van der Waals surface area contributed by atoms with Gasteiger partial charge in [-0.3, -0.25) is 4.79 Å². The van der Waals surface area contributed by atoms with Gasteiger partial charge in [0.15, 0.2) is 0 Å². The Balaban J connectivity index is 1.85. The molecule has 0 saturated carbocycles. The van der Waals surface area contributed by atoms with Crippen molar-refractivity contribution in [1.82, 2.24) is 9.55 Å². The van der Waals surface area contributed by atoms with Gasteiger partial charge < -0.3 is 14.7 Å². The summed E-state index contributed by atoms with van der Waals surface area (Å²) in [6.07, 6.45) is 0. The maximum absolute atomic E-state index is 13.3. The number of carbonyl (C=O) groups is 1. The van der Waals surface area contributed by atoms with Crippen LogP contribution in [0.4, 0.5) is 10.1 Å². The number of furan rings is 1. The summed E-state index contributed by atoms with van der Waals surface area (Å²) in [6, 6.07) is 9.83. The number of hydrogen-bond donors (Lipinski definition) is 1. The summed E-state index contributed by atoms with van der Waals surface area (Å²) in [5.74, 6) is -0.514. The molecule has 0 amide bonds. The van der Waals surface area contributed by atoms with E-state index < -0.39 is 0 Å². The van der Waals surface area contributed by atoms with Crippen molar-refractivity contribution in [1.29, 1.82) is 0 Å². The fourth-order valence-corrected chi connectivity index (χ4v) is 3.74. The number of nitrogen functional groups attached to an aromatic ring is 1. The number of pyridine rings is 1. The fourth-order valence-electron chi connectivity index (χ4n) is 3.74. The van der Waals surface area contributed by atoms with E-state index in [2.05, 4.69) is 4.98 Å². The molecule has 4 aromatic rings. The molecule has 3 aromatic heterocycles. The zero-order chi connectivity index (χ0) is 20.2. The molecular formula is C22H20FN3O2. The number of aromatic nitrogens is 2. The van der Waals surface area contributed by atoms with Crippen LogP contribution in [0.25, 0.3) is 16.8 Å². The maximum atomic E-state index is 13.3. The van der Waals surface area contributed by atoms with Gasteiger partial charge in [-0.15, -0.1) is 0 Å². The summed E-state index contributed by atoms with van der Waals surface area (Å²) in [7, 11) is 0. The SMILES string of the molecule is Cc1cc(C)c2c(N)c(C(=O)c3cc(C)n(-c4ccc(F)cc4)c3C)oc2n1. The van der Waals surface area contributed by atoms with Crippen LogP contribution in [0.5, 0.6) is 0 Å². The van der Waals surface area contributed by atoms with Crippen molar-refractivity contribution in [3.8, 4) is 5.69 Å². The predicted octanol–water partition coefficient (Wildman–Crippen LogP) is 4.80. The standard InChI is InChI=1S/C22H20FN3O2/c1-11-9-12(2)25-22-18(11)19(24)21(28-22)20(27)17-10-13(3)26(14(17)4)16-7-5-15(23)6-8-16/h5-10H,24H2,1-4H3. The van der Waals surface area contributed by atoms with Gasteiger partial charge in [-0.05, 0) is 69.7 Å². The van der Waals surface area contributed by atoms with Gasteiger partial charge in [0.25, 0.3) is 0 Å². The van der Waals surface area contributed by atoms with Gasteiger partial charge in [-0.2, -0.15) is 0 Å². The number of fused-ring (bicyclic) bond motifs is 1. The number of hydrogen-bond acceptors (Lipinski definition) is 4. The third kappa shape index (κ3) is 2.69. The quantitative estimate of drug-likeness (QED) is 0.520. The minimum atomic E-state index is -0.310. The minimum absolute atomic E-state index is 0.0931. The average molecular weight is 377 g/mol. The zero-order valence-electron chi connectivity index (χ0n) is 16.1. The molecule has 0 unspecified atom stereocenters. The van der Waals surface area contributed by atoms with E-state index in [9.17, 15) is 9.18 Å². The normalized spacial score (nSPS) is 11.3. The molecule has 0 aliphatic heterocycles. The Morgan fingerprint density at radius 1 is 1.11 bits per heavy atom. The van der Waals surface area contributed by atoms with Crippen molar-refractivity contribution in [3.05, 3.63) is 76.2 Å². The van der Waals surface area contributed by atoms with Crippen molar-refractivity contribution in [2.24, 2.45) is 0 Å². The molecule has 28 heavy (non-hydrogen) atoms. The van der Waals surface area contributed by atoms with Gasteiger partial charge >= 0.3 is 0 Å². The lowest BCUT2D eigenvalue weighted by Crippen LogP contribution is -2.06. The second-order valence-corrected chi connectivity index (χ2v) is 7.03. The smallest absolute Gasteiger partial charge is 0.232 e. The molecule has 5 nitrogen and oxygen atoms in total. The Morgan fingerprint density at radius 3 is 2.46 bits per heavy atom. The van der Waals surface area contributed by atoms with Crippen molar-refractivity contribution < 1.29 is 13.6 Å². The number of anilines is 1. The first kappa shape index (κ1) is 18.0. The predicted molar refractivity (Wildman–Crippen MR) is 107 cm³/mol. The van der Waals surface area contributed by atoms with Crippen molar-refractivity contribution >= 4 is 22.6 Å². The van der Waals surface area contributed by atoms with E-state index >= 15 is 0 Å². The monoisotopic (exact) mass is 377 g/mol. The van der Waals surface area contributed by atoms with E-state index in [0.29, 0.717) is 22.4 Å². The van der Waals surface area contributed by atoms with Crippen molar-refractivity contribution in [2.75, 3.05) is 5.73 Å². The molecule has 3 heterocycles. The first-order chi connectivity index (χ1) is 13.3. The van der Waals surface area contributed by atoms with Crippen LogP contribution >= 0.6 is 0 Å². The molecule has 4 rings (SSSR count). The number of halogens is 1. The van der Waals surface area contributed by atoms with Crippen molar-refractivity contribution in [3.63, 3.8) is 0 Å².